The van der Waals surface area contributed by atoms with E-state index in [1.807, 2.05) is 25.1 Å². The molecule has 3 nitrogen and oxygen atoms in total. The summed E-state index contributed by atoms with van der Waals surface area (Å²) in [5.41, 5.74) is 2.44. The smallest absolute Gasteiger partial charge is 0.330 e. The molecular weight excluding hydrogens is 262 g/mol. The number of hydrogen-bond acceptors (Lipinski definition) is 3. The molecule has 0 bridgehead atoms. The van der Waals surface area contributed by atoms with E-state index in [0.29, 0.717) is 6.61 Å². The van der Waals surface area contributed by atoms with Gasteiger partial charge in [-0.15, -0.1) is 0 Å². The molecule has 1 saturated heterocycles. The maximum absolute atomic E-state index is 11.4. The van der Waals surface area contributed by atoms with Gasteiger partial charge in [0.15, 0.2) is 0 Å². The second-order valence-electron chi connectivity index (χ2n) is 5.17. The fourth-order valence-corrected chi connectivity index (χ4v) is 2.42. The first-order valence-electron chi connectivity index (χ1n) is 7.58. The fraction of sp³-hybridized carbons (Fsp3) is 0.389. The summed E-state index contributed by atoms with van der Waals surface area (Å²) in [6.07, 6.45) is 7.94. The first-order valence-corrected chi connectivity index (χ1v) is 7.58. The average molecular weight is 285 g/mol. The number of benzene rings is 1. The maximum Gasteiger partial charge on any atom is 0.330 e. The van der Waals surface area contributed by atoms with E-state index in [9.17, 15) is 4.79 Å². The summed E-state index contributed by atoms with van der Waals surface area (Å²) in [7, 11) is 0. The molecule has 1 aliphatic rings. The molecule has 0 radical (unpaired) electrons. The van der Waals surface area contributed by atoms with Crippen LogP contribution >= 0.6 is 0 Å². The lowest BCUT2D eigenvalue weighted by molar-refractivity contribution is -0.137. The molecule has 1 fully saturated rings. The van der Waals surface area contributed by atoms with Crippen LogP contribution in [0.5, 0.6) is 0 Å². The van der Waals surface area contributed by atoms with Crippen molar-refractivity contribution in [1.29, 1.82) is 0 Å². The third kappa shape index (κ3) is 5.56. The van der Waals surface area contributed by atoms with Gasteiger partial charge in [0.25, 0.3) is 0 Å². The highest BCUT2D eigenvalue weighted by Crippen LogP contribution is 2.16. The predicted molar refractivity (Wildman–Crippen MR) is 85.9 cm³/mol. The molecular formula is C18H23NO2. The van der Waals surface area contributed by atoms with E-state index in [4.69, 9.17) is 4.74 Å². The van der Waals surface area contributed by atoms with E-state index in [2.05, 4.69) is 29.2 Å². The van der Waals surface area contributed by atoms with Gasteiger partial charge in [-0.25, -0.2) is 4.79 Å². The molecule has 0 atom stereocenters. The van der Waals surface area contributed by atoms with E-state index in [0.717, 1.165) is 32.5 Å². The zero-order valence-electron chi connectivity index (χ0n) is 12.6. The quantitative estimate of drug-likeness (QED) is 0.614. The van der Waals surface area contributed by atoms with Crippen molar-refractivity contribution in [3.63, 3.8) is 0 Å². The van der Waals surface area contributed by atoms with Crippen molar-refractivity contribution in [2.75, 3.05) is 26.2 Å². The third-order valence-corrected chi connectivity index (χ3v) is 3.58. The van der Waals surface area contributed by atoms with Gasteiger partial charge in [-0.3, -0.25) is 4.90 Å². The van der Waals surface area contributed by atoms with Gasteiger partial charge in [0, 0.05) is 25.7 Å². The average Bonchev–Trinajstić information content (AvgIpc) is 2.50. The first kappa shape index (κ1) is 15.5. The first-order chi connectivity index (χ1) is 10.3. The summed E-state index contributed by atoms with van der Waals surface area (Å²) in [6, 6.07) is 10.3. The molecule has 0 aromatic heterocycles. The van der Waals surface area contributed by atoms with E-state index >= 15 is 0 Å². The normalized spacial score (nSPS) is 16.1. The van der Waals surface area contributed by atoms with Crippen molar-refractivity contribution in [2.24, 2.45) is 0 Å². The molecule has 1 aromatic rings. The summed E-state index contributed by atoms with van der Waals surface area (Å²) in [5.74, 6) is -0.204. The maximum atomic E-state index is 11.4. The second-order valence-corrected chi connectivity index (χ2v) is 5.17. The highest BCUT2D eigenvalue weighted by molar-refractivity contribution is 5.82. The summed E-state index contributed by atoms with van der Waals surface area (Å²) in [4.78, 5) is 13.8. The Hall–Kier alpha value is -1.87. The molecule has 0 amide bonds. The monoisotopic (exact) mass is 285 g/mol. The van der Waals surface area contributed by atoms with Gasteiger partial charge in [-0.1, -0.05) is 48.1 Å². The molecule has 3 heteroatoms. The third-order valence-electron chi connectivity index (χ3n) is 3.58. The number of hydrogen-bond donors (Lipinski definition) is 0. The lowest BCUT2D eigenvalue weighted by Crippen LogP contribution is -2.31. The van der Waals surface area contributed by atoms with Crippen molar-refractivity contribution < 1.29 is 9.53 Å². The van der Waals surface area contributed by atoms with Crippen molar-refractivity contribution in [3.8, 4) is 0 Å². The molecule has 112 valence electrons. The number of nitrogens with zero attached hydrogens (tertiary/aromatic N) is 1. The number of rotatable bonds is 5. The van der Waals surface area contributed by atoms with Gasteiger partial charge in [0.2, 0.25) is 0 Å². The number of ether oxygens (including phenoxy) is 1. The minimum absolute atomic E-state index is 0.204. The number of likely N-dealkylation sites (tertiary alicyclic amines) is 1. The molecule has 0 saturated carbocycles. The Labute approximate surface area is 126 Å². The van der Waals surface area contributed by atoms with Crippen molar-refractivity contribution >= 4 is 12.0 Å². The highest BCUT2D eigenvalue weighted by Gasteiger charge is 2.13. The van der Waals surface area contributed by atoms with Crippen molar-refractivity contribution in [1.82, 2.24) is 4.90 Å². The van der Waals surface area contributed by atoms with Crippen LogP contribution in [-0.4, -0.2) is 37.1 Å². The number of carbonyl (C=O) groups excluding carboxylic acids is 1. The molecule has 0 spiro atoms. The van der Waals surface area contributed by atoms with Crippen LogP contribution in [0.3, 0.4) is 0 Å². The Kier molecular flexibility index (Phi) is 6.22. The molecule has 1 aliphatic heterocycles. The second kappa shape index (κ2) is 8.42. The Balaban J connectivity index is 1.74. The summed E-state index contributed by atoms with van der Waals surface area (Å²) in [6.45, 7) is 5.24. The lowest BCUT2D eigenvalue weighted by atomic mass is 10.0. The number of esters is 1. The molecule has 0 N–H and O–H groups in total. The van der Waals surface area contributed by atoms with Gasteiger partial charge < -0.3 is 4.74 Å². The largest absolute Gasteiger partial charge is 0.463 e. The van der Waals surface area contributed by atoms with Crippen LogP contribution in [0.15, 0.2) is 48.1 Å². The van der Waals surface area contributed by atoms with Gasteiger partial charge in [-0.2, -0.15) is 0 Å². The molecule has 0 unspecified atom stereocenters. The topological polar surface area (TPSA) is 29.5 Å². The van der Waals surface area contributed by atoms with Crippen LogP contribution in [0.25, 0.3) is 6.08 Å². The molecule has 2 rings (SSSR count). The van der Waals surface area contributed by atoms with E-state index in [1.54, 1.807) is 6.08 Å². The van der Waals surface area contributed by atoms with Crippen LogP contribution in [0.1, 0.15) is 25.3 Å². The standard InChI is InChI=1S/C18H23NO2/c1-2-21-18(20)15-17-10-13-19(14-11-17)12-6-9-16-7-4-3-5-8-16/h3-9,15H,2,10-14H2,1H3/b9-6+. The van der Waals surface area contributed by atoms with Crippen LogP contribution in [0.4, 0.5) is 0 Å². The van der Waals surface area contributed by atoms with Crippen molar-refractivity contribution in [3.05, 3.63) is 53.6 Å². The van der Waals surface area contributed by atoms with Gasteiger partial charge in [0.1, 0.15) is 0 Å². The summed E-state index contributed by atoms with van der Waals surface area (Å²) >= 11 is 0. The molecule has 1 aromatic carbocycles. The van der Waals surface area contributed by atoms with Crippen LogP contribution in [0, 0.1) is 0 Å². The minimum Gasteiger partial charge on any atom is -0.463 e. The van der Waals surface area contributed by atoms with E-state index in [-0.39, 0.29) is 5.97 Å². The van der Waals surface area contributed by atoms with Crippen molar-refractivity contribution in [2.45, 2.75) is 19.8 Å². The van der Waals surface area contributed by atoms with Crippen LogP contribution in [-0.2, 0) is 9.53 Å². The minimum atomic E-state index is -0.204. The number of carbonyl (C=O) groups is 1. The summed E-state index contributed by atoms with van der Waals surface area (Å²) < 4.78 is 4.95. The Bertz CT molecular complexity index is 495. The van der Waals surface area contributed by atoms with Crippen LogP contribution in [0.2, 0.25) is 0 Å². The summed E-state index contributed by atoms with van der Waals surface area (Å²) in [5, 5.41) is 0. The van der Waals surface area contributed by atoms with E-state index < -0.39 is 0 Å². The molecule has 0 aliphatic carbocycles. The predicted octanol–water partition coefficient (Wildman–Crippen LogP) is 3.29. The zero-order valence-corrected chi connectivity index (χ0v) is 12.6. The van der Waals surface area contributed by atoms with Gasteiger partial charge in [-0.05, 0) is 25.3 Å². The Morgan fingerprint density at radius 3 is 2.62 bits per heavy atom. The SMILES string of the molecule is CCOC(=O)C=C1CCN(C/C=C/c2ccccc2)CC1. The van der Waals surface area contributed by atoms with Gasteiger partial charge >= 0.3 is 5.97 Å². The lowest BCUT2D eigenvalue weighted by Gasteiger charge is -2.27. The van der Waals surface area contributed by atoms with Gasteiger partial charge in [0.05, 0.1) is 6.61 Å². The Morgan fingerprint density at radius 2 is 1.95 bits per heavy atom. The zero-order chi connectivity index (χ0) is 14.9. The van der Waals surface area contributed by atoms with Crippen LogP contribution < -0.4 is 0 Å². The highest BCUT2D eigenvalue weighted by atomic mass is 16.5. The van der Waals surface area contributed by atoms with E-state index in [1.165, 1.54) is 11.1 Å². The Morgan fingerprint density at radius 1 is 1.24 bits per heavy atom. The molecule has 21 heavy (non-hydrogen) atoms. The number of piperidine rings is 1. The fourth-order valence-electron chi connectivity index (χ4n) is 2.42. The molecule has 1 heterocycles.